The van der Waals surface area contributed by atoms with Crippen molar-refractivity contribution in [2.75, 3.05) is 0 Å². The van der Waals surface area contributed by atoms with Crippen LogP contribution < -0.4 is 5.32 Å². The summed E-state index contributed by atoms with van der Waals surface area (Å²) in [5.41, 5.74) is 1.22. The van der Waals surface area contributed by atoms with Crippen LogP contribution in [0.4, 0.5) is 0 Å². The number of nitrogens with zero attached hydrogens (tertiary/aromatic N) is 3. The highest BCUT2D eigenvalue weighted by molar-refractivity contribution is 9.13. The Bertz CT molecular complexity index is 539. The molecule has 0 bridgehead atoms. The van der Waals surface area contributed by atoms with Crippen molar-refractivity contribution < 1.29 is 0 Å². The monoisotopic (exact) mass is 372 g/mol. The van der Waals surface area contributed by atoms with E-state index in [1.54, 1.807) is 6.33 Å². The number of aryl methyl sites for hydroxylation is 1. The SMILES string of the molecule is CC(NCc1ccc(Br)c(Br)c1)c1nncn1C. The van der Waals surface area contributed by atoms with Crippen LogP contribution in [0.3, 0.4) is 0 Å². The minimum atomic E-state index is 0.167. The maximum atomic E-state index is 4.09. The molecule has 1 atom stereocenters. The van der Waals surface area contributed by atoms with Crippen LogP contribution in [0.2, 0.25) is 0 Å². The van der Waals surface area contributed by atoms with Gasteiger partial charge in [0.05, 0.1) is 6.04 Å². The van der Waals surface area contributed by atoms with E-state index in [1.807, 2.05) is 17.7 Å². The van der Waals surface area contributed by atoms with Gasteiger partial charge in [-0.3, -0.25) is 0 Å². The van der Waals surface area contributed by atoms with Crippen molar-refractivity contribution in [3.05, 3.63) is 44.9 Å². The summed E-state index contributed by atoms with van der Waals surface area (Å²) in [5, 5.41) is 11.4. The number of hydrogen-bond acceptors (Lipinski definition) is 3. The van der Waals surface area contributed by atoms with Crippen molar-refractivity contribution in [3.63, 3.8) is 0 Å². The molecule has 1 heterocycles. The Balaban J connectivity index is 1.99. The zero-order chi connectivity index (χ0) is 13.1. The van der Waals surface area contributed by atoms with E-state index in [9.17, 15) is 0 Å². The predicted octanol–water partition coefficient (Wildman–Crippen LogP) is 3.19. The molecule has 2 rings (SSSR count). The first kappa shape index (κ1) is 13.7. The molecule has 0 aliphatic carbocycles. The normalized spacial score (nSPS) is 12.7. The van der Waals surface area contributed by atoms with Crippen molar-refractivity contribution in [3.8, 4) is 0 Å². The molecule has 2 aromatic rings. The van der Waals surface area contributed by atoms with E-state index < -0.39 is 0 Å². The smallest absolute Gasteiger partial charge is 0.149 e. The predicted molar refractivity (Wildman–Crippen MR) is 78.1 cm³/mol. The number of hydrogen-bond donors (Lipinski definition) is 1. The van der Waals surface area contributed by atoms with Gasteiger partial charge in [-0.25, -0.2) is 0 Å². The van der Waals surface area contributed by atoms with Gasteiger partial charge in [0, 0.05) is 22.5 Å². The summed E-state index contributed by atoms with van der Waals surface area (Å²) in [7, 11) is 1.95. The maximum Gasteiger partial charge on any atom is 0.149 e. The Hall–Kier alpha value is -0.720. The molecule has 0 radical (unpaired) electrons. The Morgan fingerprint density at radius 1 is 1.33 bits per heavy atom. The Kier molecular flexibility index (Phi) is 4.53. The Morgan fingerprint density at radius 3 is 2.72 bits per heavy atom. The molecule has 0 aliphatic rings. The quantitative estimate of drug-likeness (QED) is 0.894. The van der Waals surface area contributed by atoms with Crippen LogP contribution in [0.15, 0.2) is 33.5 Å². The molecule has 0 aliphatic heterocycles. The van der Waals surface area contributed by atoms with Gasteiger partial charge in [-0.2, -0.15) is 0 Å². The second-order valence-electron chi connectivity index (χ2n) is 4.15. The molecular formula is C12H14Br2N4. The van der Waals surface area contributed by atoms with Gasteiger partial charge in [-0.15, -0.1) is 10.2 Å². The van der Waals surface area contributed by atoms with Crippen molar-refractivity contribution in [2.24, 2.45) is 7.05 Å². The van der Waals surface area contributed by atoms with Crippen LogP contribution in [0.5, 0.6) is 0 Å². The lowest BCUT2D eigenvalue weighted by molar-refractivity contribution is 0.528. The molecule has 1 aromatic heterocycles. The van der Waals surface area contributed by atoms with E-state index in [0.717, 1.165) is 21.3 Å². The van der Waals surface area contributed by atoms with Crippen LogP contribution in [0.1, 0.15) is 24.4 Å². The van der Waals surface area contributed by atoms with E-state index in [-0.39, 0.29) is 6.04 Å². The first-order valence-electron chi connectivity index (χ1n) is 5.59. The summed E-state index contributed by atoms with van der Waals surface area (Å²) in [4.78, 5) is 0. The lowest BCUT2D eigenvalue weighted by Gasteiger charge is -2.13. The number of benzene rings is 1. The fourth-order valence-corrected chi connectivity index (χ4v) is 2.37. The molecule has 1 N–H and O–H groups in total. The molecule has 0 saturated heterocycles. The molecule has 0 spiro atoms. The van der Waals surface area contributed by atoms with Crippen molar-refractivity contribution >= 4 is 31.9 Å². The average molecular weight is 374 g/mol. The molecule has 0 fully saturated rings. The summed E-state index contributed by atoms with van der Waals surface area (Å²) in [6.45, 7) is 2.87. The molecule has 18 heavy (non-hydrogen) atoms. The topological polar surface area (TPSA) is 42.7 Å². The number of aromatic nitrogens is 3. The Labute approximate surface area is 123 Å². The maximum absolute atomic E-state index is 4.09. The molecule has 1 unspecified atom stereocenters. The molecule has 96 valence electrons. The third-order valence-electron chi connectivity index (χ3n) is 2.73. The number of nitrogens with one attached hydrogen (secondary N) is 1. The summed E-state index contributed by atoms with van der Waals surface area (Å²) < 4.78 is 4.05. The van der Waals surface area contributed by atoms with E-state index >= 15 is 0 Å². The van der Waals surface area contributed by atoms with Crippen LogP contribution in [-0.2, 0) is 13.6 Å². The van der Waals surface area contributed by atoms with E-state index in [1.165, 1.54) is 5.56 Å². The van der Waals surface area contributed by atoms with Gasteiger partial charge in [-0.1, -0.05) is 6.07 Å². The third-order valence-corrected chi connectivity index (χ3v) is 4.61. The van der Waals surface area contributed by atoms with Crippen molar-refractivity contribution in [1.82, 2.24) is 20.1 Å². The van der Waals surface area contributed by atoms with E-state index in [2.05, 4.69) is 66.4 Å². The third kappa shape index (κ3) is 3.18. The van der Waals surface area contributed by atoms with Gasteiger partial charge in [0.2, 0.25) is 0 Å². The highest BCUT2D eigenvalue weighted by Gasteiger charge is 2.10. The fraction of sp³-hybridized carbons (Fsp3) is 0.333. The molecule has 0 amide bonds. The standard InChI is InChI=1S/C12H14Br2N4/c1-8(12-17-16-7-18(12)2)15-6-9-3-4-10(13)11(14)5-9/h3-5,7-8,15H,6H2,1-2H3. The summed E-state index contributed by atoms with van der Waals surface area (Å²) in [6, 6.07) is 6.39. The van der Waals surface area contributed by atoms with Crippen LogP contribution in [0.25, 0.3) is 0 Å². The molecular weight excluding hydrogens is 360 g/mol. The van der Waals surface area contributed by atoms with E-state index in [4.69, 9.17) is 0 Å². The minimum absolute atomic E-state index is 0.167. The highest BCUT2D eigenvalue weighted by atomic mass is 79.9. The van der Waals surface area contributed by atoms with Crippen LogP contribution in [-0.4, -0.2) is 14.8 Å². The lowest BCUT2D eigenvalue weighted by Crippen LogP contribution is -2.21. The summed E-state index contributed by atoms with van der Waals surface area (Å²) in [6.07, 6.45) is 1.71. The van der Waals surface area contributed by atoms with Crippen molar-refractivity contribution in [2.45, 2.75) is 19.5 Å². The highest BCUT2D eigenvalue weighted by Crippen LogP contribution is 2.24. The zero-order valence-electron chi connectivity index (χ0n) is 10.2. The number of rotatable bonds is 4. The first-order chi connectivity index (χ1) is 8.58. The minimum Gasteiger partial charge on any atom is -0.319 e. The molecule has 1 aromatic carbocycles. The van der Waals surface area contributed by atoms with Crippen LogP contribution in [0, 0.1) is 0 Å². The largest absolute Gasteiger partial charge is 0.319 e. The Morgan fingerprint density at radius 2 is 2.11 bits per heavy atom. The summed E-state index contributed by atoms with van der Waals surface area (Å²) in [5.74, 6) is 0.936. The van der Waals surface area contributed by atoms with Gasteiger partial charge >= 0.3 is 0 Å². The van der Waals surface area contributed by atoms with E-state index in [0.29, 0.717) is 0 Å². The average Bonchev–Trinajstić information content (AvgIpc) is 2.77. The second-order valence-corrected chi connectivity index (χ2v) is 5.86. The van der Waals surface area contributed by atoms with Gasteiger partial charge in [0.1, 0.15) is 12.2 Å². The second kappa shape index (κ2) is 5.95. The zero-order valence-corrected chi connectivity index (χ0v) is 13.4. The van der Waals surface area contributed by atoms with Crippen molar-refractivity contribution in [1.29, 1.82) is 0 Å². The first-order valence-corrected chi connectivity index (χ1v) is 7.17. The van der Waals surface area contributed by atoms with Gasteiger partial charge in [0.15, 0.2) is 0 Å². The van der Waals surface area contributed by atoms with Gasteiger partial charge in [0.25, 0.3) is 0 Å². The van der Waals surface area contributed by atoms with Crippen LogP contribution >= 0.6 is 31.9 Å². The number of halogens is 2. The molecule has 4 nitrogen and oxygen atoms in total. The molecule has 0 saturated carbocycles. The fourth-order valence-electron chi connectivity index (χ4n) is 1.70. The lowest BCUT2D eigenvalue weighted by atomic mass is 10.2. The van der Waals surface area contributed by atoms with Gasteiger partial charge in [-0.05, 0) is 56.5 Å². The summed E-state index contributed by atoms with van der Waals surface area (Å²) >= 11 is 6.96. The molecule has 6 heteroatoms. The van der Waals surface area contributed by atoms with Gasteiger partial charge < -0.3 is 9.88 Å².